The zero-order valence-corrected chi connectivity index (χ0v) is 14.4. The molecule has 146 valence electrons. The molecular formula is C18H25F2N2O4-. The van der Waals surface area contributed by atoms with Crippen LogP contribution in [0, 0.1) is 5.92 Å². The lowest BCUT2D eigenvalue weighted by atomic mass is 9.71. The Labute approximate surface area is 151 Å². The number of hydrogen-bond donors (Lipinski definition) is 4. The molecule has 2 rings (SSSR count). The van der Waals surface area contributed by atoms with E-state index in [9.17, 15) is 23.8 Å². The average molecular weight is 371 g/mol. The highest BCUT2D eigenvalue weighted by Crippen LogP contribution is 2.43. The van der Waals surface area contributed by atoms with Crippen molar-refractivity contribution in [3.05, 3.63) is 41.6 Å². The van der Waals surface area contributed by atoms with Crippen LogP contribution >= 0.6 is 0 Å². The molecular weight excluding hydrogens is 346 g/mol. The molecule has 0 bridgehead atoms. The Morgan fingerprint density at radius 3 is 2.31 bits per heavy atom. The third-order valence-electron chi connectivity index (χ3n) is 5.16. The van der Waals surface area contributed by atoms with Crippen LogP contribution < -0.4 is 5.48 Å². The van der Waals surface area contributed by atoms with Gasteiger partial charge in [0.25, 0.3) is 0 Å². The number of halogens is 2. The molecule has 8 heteroatoms. The molecule has 0 saturated heterocycles. The van der Waals surface area contributed by atoms with E-state index in [2.05, 4.69) is 0 Å². The Balaban J connectivity index is 2.06. The number of rotatable bonds is 7. The normalized spacial score (nSPS) is 22.2. The van der Waals surface area contributed by atoms with Crippen molar-refractivity contribution in [1.29, 1.82) is 0 Å². The summed E-state index contributed by atoms with van der Waals surface area (Å²) in [5, 5.41) is 30.0. The minimum atomic E-state index is -2.89. The summed E-state index contributed by atoms with van der Waals surface area (Å²) in [4.78, 5) is 12.0. The number of aliphatic hydroxyl groups excluding tert-OH is 1. The summed E-state index contributed by atoms with van der Waals surface area (Å²) in [5.41, 5.74) is 8.64. The molecule has 1 saturated carbocycles. The second kappa shape index (κ2) is 8.39. The van der Waals surface area contributed by atoms with E-state index in [4.69, 9.17) is 10.9 Å². The van der Waals surface area contributed by atoms with Crippen LogP contribution in [-0.4, -0.2) is 45.0 Å². The van der Waals surface area contributed by atoms with Crippen LogP contribution in [-0.2, 0) is 11.2 Å². The van der Waals surface area contributed by atoms with Crippen LogP contribution in [0.3, 0.4) is 0 Å². The Morgan fingerprint density at radius 1 is 1.19 bits per heavy atom. The highest BCUT2D eigenvalue weighted by atomic mass is 19.3. The number of hydroxylamine groups is 1. The fourth-order valence-corrected chi connectivity index (χ4v) is 3.46. The maximum atomic E-state index is 13.4. The molecule has 0 radical (unpaired) electrons. The molecule has 3 atom stereocenters. The first-order valence-electron chi connectivity index (χ1n) is 8.64. The molecule has 0 spiro atoms. The van der Waals surface area contributed by atoms with Gasteiger partial charge in [-0.3, -0.25) is 10.0 Å². The first-order valence-corrected chi connectivity index (χ1v) is 8.64. The van der Waals surface area contributed by atoms with Gasteiger partial charge in [0, 0.05) is 18.9 Å². The Morgan fingerprint density at radius 2 is 1.77 bits per heavy atom. The molecule has 0 aromatic heterocycles. The molecule has 1 aliphatic rings. The van der Waals surface area contributed by atoms with Gasteiger partial charge in [-0.25, -0.2) is 14.3 Å². The zero-order valence-electron chi connectivity index (χ0n) is 14.4. The third-order valence-corrected chi connectivity index (χ3v) is 5.16. The number of amides is 1. The van der Waals surface area contributed by atoms with Crippen LogP contribution in [0.25, 0.3) is 5.73 Å². The van der Waals surface area contributed by atoms with Crippen molar-refractivity contribution in [1.82, 2.24) is 5.48 Å². The minimum Gasteiger partial charge on any atom is -0.672 e. The van der Waals surface area contributed by atoms with Gasteiger partial charge in [0.2, 0.25) is 11.8 Å². The van der Waals surface area contributed by atoms with E-state index < -0.39 is 48.3 Å². The number of aliphatic hydroxyl groups is 2. The predicted molar refractivity (Wildman–Crippen MR) is 90.7 cm³/mol. The van der Waals surface area contributed by atoms with Gasteiger partial charge in [0.1, 0.15) is 0 Å². The number of carbonyl (C=O) groups excluding carboxylic acids is 1. The molecule has 1 aliphatic carbocycles. The highest BCUT2D eigenvalue weighted by molar-refractivity contribution is 5.78. The lowest BCUT2D eigenvalue weighted by Gasteiger charge is -2.42. The molecule has 1 fully saturated rings. The average Bonchev–Trinajstić information content (AvgIpc) is 2.62. The summed E-state index contributed by atoms with van der Waals surface area (Å²) >= 11 is 0. The molecule has 1 amide bonds. The fraction of sp³-hybridized carbons (Fsp3) is 0.611. The number of carbonyl (C=O) groups is 1. The largest absolute Gasteiger partial charge is 0.672 e. The van der Waals surface area contributed by atoms with Crippen molar-refractivity contribution in [3.63, 3.8) is 0 Å². The molecule has 0 aliphatic heterocycles. The van der Waals surface area contributed by atoms with Gasteiger partial charge in [-0.2, -0.15) is 0 Å². The van der Waals surface area contributed by atoms with Gasteiger partial charge < -0.3 is 15.9 Å². The number of hydrogen-bond acceptors (Lipinski definition) is 4. The first-order chi connectivity index (χ1) is 12.2. The topological polar surface area (TPSA) is 114 Å². The highest BCUT2D eigenvalue weighted by Gasteiger charge is 2.49. The van der Waals surface area contributed by atoms with Gasteiger partial charge in [0.15, 0.2) is 0 Å². The zero-order chi connectivity index (χ0) is 19.4. The van der Waals surface area contributed by atoms with Crippen LogP contribution in [0.15, 0.2) is 30.3 Å². The van der Waals surface area contributed by atoms with Crippen LogP contribution in [0.5, 0.6) is 0 Å². The van der Waals surface area contributed by atoms with E-state index in [1.54, 1.807) is 12.1 Å². The van der Waals surface area contributed by atoms with Crippen molar-refractivity contribution < 1.29 is 29.0 Å². The minimum absolute atomic E-state index is 0.242. The van der Waals surface area contributed by atoms with Crippen molar-refractivity contribution >= 4 is 5.91 Å². The van der Waals surface area contributed by atoms with Gasteiger partial charge in [-0.15, -0.1) is 6.04 Å². The number of alkyl halides is 2. The van der Waals surface area contributed by atoms with Crippen LogP contribution in [0.4, 0.5) is 8.78 Å². The van der Waals surface area contributed by atoms with E-state index in [-0.39, 0.29) is 25.7 Å². The lowest BCUT2D eigenvalue weighted by Crippen LogP contribution is -2.51. The maximum absolute atomic E-state index is 13.4. The number of nitrogens with one attached hydrogen (secondary N) is 2. The standard InChI is InChI=1S/C18H25F2N2O4/c19-18(20)8-6-17(25,7-9-18)13(16(24)22-26)11-15(23)14(21)10-12-4-2-1-3-5-12/h1-5,13-15,21,23,25-26H,6-11H2,(H,22,24)/q-1/t13-,14+,15+/m1/s1. The number of benzene rings is 1. The van der Waals surface area contributed by atoms with Crippen molar-refractivity contribution in [2.45, 2.75) is 62.2 Å². The van der Waals surface area contributed by atoms with Crippen molar-refractivity contribution in [2.75, 3.05) is 0 Å². The SMILES string of the molecule is [NH-][C@@H](Cc1ccccc1)[C@@H](O)C[C@H](C(=O)NO)C1(O)CCC(F)(F)CC1. The van der Waals surface area contributed by atoms with Gasteiger partial charge in [-0.1, -0.05) is 30.3 Å². The van der Waals surface area contributed by atoms with Crippen LogP contribution in [0.2, 0.25) is 0 Å². The van der Waals surface area contributed by atoms with E-state index in [0.717, 1.165) is 5.56 Å². The van der Waals surface area contributed by atoms with E-state index >= 15 is 0 Å². The first kappa shape index (κ1) is 20.7. The molecule has 6 nitrogen and oxygen atoms in total. The summed E-state index contributed by atoms with van der Waals surface area (Å²) in [6, 6.07) is 8.10. The summed E-state index contributed by atoms with van der Waals surface area (Å²) in [6.07, 6.45) is -3.07. The van der Waals surface area contributed by atoms with Gasteiger partial charge in [-0.05, 0) is 31.2 Å². The maximum Gasteiger partial charge on any atom is 0.249 e. The second-order valence-electron chi connectivity index (χ2n) is 7.09. The summed E-state index contributed by atoms with van der Waals surface area (Å²) < 4.78 is 26.8. The van der Waals surface area contributed by atoms with Gasteiger partial charge in [0.05, 0.1) is 11.5 Å². The van der Waals surface area contributed by atoms with Crippen molar-refractivity contribution in [2.24, 2.45) is 5.92 Å². The third kappa shape index (κ3) is 5.20. The second-order valence-corrected chi connectivity index (χ2v) is 7.09. The lowest BCUT2D eigenvalue weighted by molar-refractivity contribution is -0.160. The smallest absolute Gasteiger partial charge is 0.249 e. The Hall–Kier alpha value is -1.61. The van der Waals surface area contributed by atoms with E-state index in [1.807, 2.05) is 18.2 Å². The van der Waals surface area contributed by atoms with Crippen molar-refractivity contribution in [3.8, 4) is 0 Å². The quantitative estimate of drug-likeness (QED) is 0.435. The molecule has 5 N–H and O–H groups in total. The Bertz CT molecular complexity index is 590. The van der Waals surface area contributed by atoms with Gasteiger partial charge >= 0.3 is 0 Å². The summed E-state index contributed by atoms with van der Waals surface area (Å²) in [5.74, 6) is -5.11. The summed E-state index contributed by atoms with van der Waals surface area (Å²) in [6.45, 7) is 0. The Kier molecular flexibility index (Phi) is 6.68. The van der Waals surface area contributed by atoms with E-state index in [1.165, 1.54) is 5.48 Å². The molecule has 0 unspecified atom stereocenters. The molecule has 1 aromatic rings. The predicted octanol–water partition coefficient (Wildman–Crippen LogP) is 2.46. The summed E-state index contributed by atoms with van der Waals surface area (Å²) in [7, 11) is 0. The monoisotopic (exact) mass is 371 g/mol. The molecule has 0 heterocycles. The molecule has 1 aromatic carbocycles. The molecule has 26 heavy (non-hydrogen) atoms. The van der Waals surface area contributed by atoms with Crippen LogP contribution in [0.1, 0.15) is 37.7 Å². The fourth-order valence-electron chi connectivity index (χ4n) is 3.46. The van der Waals surface area contributed by atoms with E-state index in [0.29, 0.717) is 0 Å².